The van der Waals surface area contributed by atoms with Gasteiger partial charge in [0, 0.05) is 18.1 Å². The van der Waals surface area contributed by atoms with Crippen LogP contribution in [-0.4, -0.2) is 29.5 Å². The standard InChI is InChI=1S/C18H16ClN3O2/c19-16-7-5-13(6-8-16)11-20-21-17(23)18(24)22-10-9-14-3-1-2-4-15(14)12-22/h1-8,11H,9-10,12H2,(H,21,23)/b20-11-. The molecule has 0 unspecified atom stereocenters. The summed E-state index contributed by atoms with van der Waals surface area (Å²) in [7, 11) is 0. The molecular weight excluding hydrogens is 326 g/mol. The van der Waals surface area contributed by atoms with Gasteiger partial charge in [-0.15, -0.1) is 0 Å². The summed E-state index contributed by atoms with van der Waals surface area (Å²) in [6.45, 7) is 0.980. The number of fused-ring (bicyclic) bond motifs is 1. The quantitative estimate of drug-likeness (QED) is 0.518. The van der Waals surface area contributed by atoms with E-state index < -0.39 is 11.8 Å². The molecule has 1 heterocycles. The minimum atomic E-state index is -0.736. The monoisotopic (exact) mass is 341 g/mol. The lowest BCUT2D eigenvalue weighted by Crippen LogP contribution is -2.43. The van der Waals surface area contributed by atoms with Crippen LogP contribution in [0.15, 0.2) is 53.6 Å². The predicted octanol–water partition coefficient (Wildman–Crippen LogP) is 2.38. The molecule has 0 aromatic heterocycles. The molecule has 5 nitrogen and oxygen atoms in total. The topological polar surface area (TPSA) is 61.8 Å². The van der Waals surface area contributed by atoms with E-state index in [0.717, 1.165) is 17.5 Å². The van der Waals surface area contributed by atoms with Crippen molar-refractivity contribution < 1.29 is 9.59 Å². The zero-order chi connectivity index (χ0) is 16.9. The minimum Gasteiger partial charge on any atom is -0.330 e. The van der Waals surface area contributed by atoms with Crippen molar-refractivity contribution in [3.63, 3.8) is 0 Å². The van der Waals surface area contributed by atoms with E-state index in [1.807, 2.05) is 24.3 Å². The first-order valence-corrected chi connectivity index (χ1v) is 7.96. The molecule has 2 aromatic carbocycles. The Morgan fingerprint density at radius 2 is 1.79 bits per heavy atom. The maximum absolute atomic E-state index is 12.2. The van der Waals surface area contributed by atoms with E-state index in [0.29, 0.717) is 18.1 Å². The van der Waals surface area contributed by atoms with Gasteiger partial charge in [0.05, 0.1) is 6.21 Å². The van der Waals surface area contributed by atoms with Crippen LogP contribution in [0.4, 0.5) is 0 Å². The van der Waals surface area contributed by atoms with Crippen molar-refractivity contribution in [2.75, 3.05) is 6.54 Å². The van der Waals surface area contributed by atoms with Crippen LogP contribution in [0.1, 0.15) is 16.7 Å². The maximum atomic E-state index is 12.2. The van der Waals surface area contributed by atoms with Crippen molar-refractivity contribution in [1.82, 2.24) is 10.3 Å². The summed E-state index contributed by atoms with van der Waals surface area (Å²) in [5, 5.41) is 4.44. The van der Waals surface area contributed by atoms with Crippen molar-refractivity contribution in [1.29, 1.82) is 0 Å². The van der Waals surface area contributed by atoms with Crippen LogP contribution < -0.4 is 5.43 Å². The van der Waals surface area contributed by atoms with Gasteiger partial charge in [-0.05, 0) is 35.2 Å². The Labute approximate surface area is 144 Å². The van der Waals surface area contributed by atoms with Crippen LogP contribution in [0.3, 0.4) is 0 Å². The summed E-state index contributed by atoms with van der Waals surface area (Å²) in [6, 6.07) is 14.9. The van der Waals surface area contributed by atoms with Gasteiger partial charge in [0.25, 0.3) is 0 Å². The molecule has 122 valence electrons. The van der Waals surface area contributed by atoms with Gasteiger partial charge in [0.1, 0.15) is 0 Å². The molecular formula is C18H16ClN3O2. The summed E-state index contributed by atoms with van der Waals surface area (Å²) >= 11 is 5.80. The summed E-state index contributed by atoms with van der Waals surface area (Å²) in [4.78, 5) is 25.7. The first-order chi connectivity index (χ1) is 11.6. The zero-order valence-corrected chi connectivity index (χ0v) is 13.7. The molecule has 1 aliphatic heterocycles. The van der Waals surface area contributed by atoms with Crippen LogP contribution in [0.5, 0.6) is 0 Å². The van der Waals surface area contributed by atoms with Gasteiger partial charge >= 0.3 is 11.8 Å². The molecule has 3 rings (SSSR count). The molecule has 6 heteroatoms. The lowest BCUT2D eigenvalue weighted by Gasteiger charge is -2.27. The number of rotatable bonds is 2. The summed E-state index contributed by atoms with van der Waals surface area (Å²) < 4.78 is 0. The Morgan fingerprint density at radius 1 is 1.08 bits per heavy atom. The normalized spacial score (nSPS) is 13.6. The van der Waals surface area contributed by atoms with Crippen molar-refractivity contribution in [2.45, 2.75) is 13.0 Å². The highest BCUT2D eigenvalue weighted by Crippen LogP contribution is 2.18. The number of halogens is 1. The average Bonchev–Trinajstić information content (AvgIpc) is 2.62. The highest BCUT2D eigenvalue weighted by molar-refractivity contribution is 6.35. The number of carbonyl (C=O) groups excluding carboxylic acids is 2. The number of benzene rings is 2. The zero-order valence-electron chi connectivity index (χ0n) is 12.9. The van der Waals surface area contributed by atoms with Gasteiger partial charge < -0.3 is 4.90 Å². The summed E-state index contributed by atoms with van der Waals surface area (Å²) in [5.74, 6) is -1.31. The largest absolute Gasteiger partial charge is 0.330 e. The molecule has 1 N–H and O–H groups in total. The maximum Gasteiger partial charge on any atom is 0.329 e. The Balaban J connectivity index is 1.57. The Bertz CT molecular complexity index is 787. The van der Waals surface area contributed by atoms with Gasteiger partial charge in [-0.1, -0.05) is 48.0 Å². The van der Waals surface area contributed by atoms with Crippen LogP contribution in [0.25, 0.3) is 0 Å². The number of hydrogen-bond donors (Lipinski definition) is 1. The van der Waals surface area contributed by atoms with Gasteiger partial charge in [0.15, 0.2) is 0 Å². The SMILES string of the molecule is O=C(N/N=C\c1ccc(Cl)cc1)C(=O)N1CCc2ccccc2C1. The number of amides is 2. The number of carbonyl (C=O) groups is 2. The van der Waals surface area contributed by atoms with Crippen LogP contribution in [0, 0.1) is 0 Å². The van der Waals surface area contributed by atoms with Gasteiger partial charge in [-0.25, -0.2) is 5.43 Å². The van der Waals surface area contributed by atoms with Crippen LogP contribution in [0.2, 0.25) is 5.02 Å². The third-order valence-electron chi connectivity index (χ3n) is 3.86. The second-order valence-corrected chi connectivity index (χ2v) is 5.93. The average molecular weight is 342 g/mol. The molecule has 2 aromatic rings. The van der Waals surface area contributed by atoms with E-state index in [1.54, 1.807) is 24.3 Å². The van der Waals surface area contributed by atoms with E-state index in [4.69, 9.17) is 11.6 Å². The molecule has 0 atom stereocenters. The Morgan fingerprint density at radius 3 is 2.54 bits per heavy atom. The lowest BCUT2D eigenvalue weighted by molar-refractivity contribution is -0.146. The summed E-state index contributed by atoms with van der Waals surface area (Å²) in [6.07, 6.45) is 2.22. The number of nitrogens with zero attached hydrogens (tertiary/aromatic N) is 2. The van der Waals surface area contributed by atoms with E-state index in [-0.39, 0.29) is 0 Å². The number of nitrogens with one attached hydrogen (secondary N) is 1. The lowest BCUT2D eigenvalue weighted by atomic mass is 10.00. The Kier molecular flexibility index (Phi) is 4.91. The minimum absolute atomic E-state index is 0.448. The fourth-order valence-corrected chi connectivity index (χ4v) is 2.70. The van der Waals surface area contributed by atoms with Crippen molar-refractivity contribution in [3.05, 3.63) is 70.2 Å². The third-order valence-corrected chi connectivity index (χ3v) is 4.11. The molecule has 0 bridgehead atoms. The molecule has 0 saturated heterocycles. The predicted molar refractivity (Wildman–Crippen MR) is 92.8 cm³/mol. The van der Waals surface area contributed by atoms with Crippen molar-refractivity contribution >= 4 is 29.6 Å². The molecule has 0 saturated carbocycles. The first-order valence-electron chi connectivity index (χ1n) is 7.58. The fraction of sp³-hybridized carbons (Fsp3) is 0.167. The van der Waals surface area contributed by atoms with Gasteiger partial charge in [0.2, 0.25) is 0 Å². The molecule has 24 heavy (non-hydrogen) atoms. The smallest absolute Gasteiger partial charge is 0.329 e. The molecule has 0 aliphatic carbocycles. The Hall–Kier alpha value is -2.66. The second-order valence-electron chi connectivity index (χ2n) is 5.50. The number of hydrazone groups is 1. The summed E-state index contributed by atoms with van der Waals surface area (Å²) in [5.41, 5.74) is 5.35. The van der Waals surface area contributed by atoms with Crippen molar-refractivity contribution in [3.8, 4) is 0 Å². The highest BCUT2D eigenvalue weighted by atomic mass is 35.5. The second kappa shape index (κ2) is 7.27. The van der Waals surface area contributed by atoms with E-state index in [9.17, 15) is 9.59 Å². The van der Waals surface area contributed by atoms with E-state index >= 15 is 0 Å². The molecule has 0 fully saturated rings. The molecule has 1 aliphatic rings. The van der Waals surface area contributed by atoms with E-state index in [1.165, 1.54) is 16.7 Å². The van der Waals surface area contributed by atoms with Crippen LogP contribution in [-0.2, 0) is 22.6 Å². The van der Waals surface area contributed by atoms with Gasteiger partial charge in [-0.2, -0.15) is 5.10 Å². The molecule has 2 amide bonds. The number of hydrogen-bond acceptors (Lipinski definition) is 3. The highest BCUT2D eigenvalue weighted by Gasteiger charge is 2.25. The fourth-order valence-electron chi connectivity index (χ4n) is 2.57. The molecule has 0 spiro atoms. The first kappa shape index (κ1) is 16.2. The molecule has 0 radical (unpaired) electrons. The van der Waals surface area contributed by atoms with Crippen LogP contribution >= 0.6 is 11.6 Å². The third kappa shape index (κ3) is 3.81. The van der Waals surface area contributed by atoms with Gasteiger partial charge in [-0.3, -0.25) is 9.59 Å². The van der Waals surface area contributed by atoms with E-state index in [2.05, 4.69) is 10.5 Å². The van der Waals surface area contributed by atoms with Crippen molar-refractivity contribution in [2.24, 2.45) is 5.10 Å².